The number of rotatable bonds is 5. The van der Waals surface area contributed by atoms with Gasteiger partial charge in [-0.05, 0) is 24.3 Å². The molecule has 3 aromatic rings. The molecule has 0 aliphatic carbocycles. The summed E-state index contributed by atoms with van der Waals surface area (Å²) in [5, 5.41) is 3.17. The number of nitrogens with zero attached hydrogens (tertiary/aromatic N) is 1. The van der Waals surface area contributed by atoms with Crippen LogP contribution in [0.5, 0.6) is 0 Å². The number of carbonyl (C=O) groups excluding carboxylic acids is 2. The number of aromatic nitrogens is 1. The Labute approximate surface area is 143 Å². The topological polar surface area (TPSA) is 68.3 Å². The van der Waals surface area contributed by atoms with Gasteiger partial charge in [-0.15, -0.1) is 0 Å². The van der Waals surface area contributed by atoms with Crippen molar-refractivity contribution in [1.29, 1.82) is 0 Å². The lowest BCUT2D eigenvalue weighted by molar-refractivity contribution is -0.124. The zero-order chi connectivity index (χ0) is 17.6. The van der Waals surface area contributed by atoms with E-state index in [9.17, 15) is 14.0 Å². The lowest BCUT2D eigenvalue weighted by atomic mass is 10.1. The number of hydrogen-bond acceptors (Lipinski definition) is 4. The minimum absolute atomic E-state index is 0.0290. The molecular formula is C19H15FN2O3. The van der Waals surface area contributed by atoms with Crippen LogP contribution in [0.3, 0.4) is 0 Å². The standard InChI is InChI=1S/C19H15FN2O3/c20-16-8-2-1-5-13(16)11-22-18(23)12-25-19(24)15-6-3-9-17-14(15)7-4-10-21-17/h1-10H,11-12H2,(H,22,23). The molecule has 0 saturated carbocycles. The zero-order valence-electron chi connectivity index (χ0n) is 13.2. The first-order chi connectivity index (χ1) is 12.1. The summed E-state index contributed by atoms with van der Waals surface area (Å²) < 4.78 is 18.5. The fourth-order valence-electron chi connectivity index (χ4n) is 2.38. The molecule has 0 aliphatic heterocycles. The predicted molar refractivity (Wildman–Crippen MR) is 90.3 cm³/mol. The number of amides is 1. The second-order valence-electron chi connectivity index (χ2n) is 5.32. The highest BCUT2D eigenvalue weighted by Crippen LogP contribution is 2.17. The van der Waals surface area contributed by atoms with Crippen molar-refractivity contribution in [3.63, 3.8) is 0 Å². The van der Waals surface area contributed by atoms with E-state index in [0.717, 1.165) is 0 Å². The Morgan fingerprint density at radius 2 is 1.88 bits per heavy atom. The molecule has 0 saturated heterocycles. The second kappa shape index (κ2) is 7.53. The predicted octanol–water partition coefficient (Wildman–Crippen LogP) is 2.85. The number of carbonyl (C=O) groups is 2. The van der Waals surface area contributed by atoms with Gasteiger partial charge in [-0.25, -0.2) is 9.18 Å². The molecule has 2 aromatic carbocycles. The van der Waals surface area contributed by atoms with E-state index < -0.39 is 24.3 Å². The Kier molecular flexibility index (Phi) is 4.99. The third-order valence-electron chi connectivity index (χ3n) is 3.63. The number of fused-ring (bicyclic) bond motifs is 1. The molecule has 1 N–H and O–H groups in total. The van der Waals surface area contributed by atoms with Crippen molar-refractivity contribution in [2.24, 2.45) is 0 Å². The van der Waals surface area contributed by atoms with Crippen molar-refractivity contribution >= 4 is 22.8 Å². The first-order valence-corrected chi connectivity index (χ1v) is 7.66. The van der Waals surface area contributed by atoms with Crippen molar-refractivity contribution < 1.29 is 18.7 Å². The van der Waals surface area contributed by atoms with Crippen molar-refractivity contribution in [2.45, 2.75) is 6.54 Å². The molecule has 1 heterocycles. The molecule has 126 valence electrons. The van der Waals surface area contributed by atoms with Crippen LogP contribution in [-0.2, 0) is 16.1 Å². The Hall–Kier alpha value is -3.28. The molecule has 0 spiro atoms. The highest BCUT2D eigenvalue weighted by atomic mass is 19.1. The number of hydrogen-bond donors (Lipinski definition) is 1. The van der Waals surface area contributed by atoms with E-state index >= 15 is 0 Å². The first kappa shape index (κ1) is 16.6. The van der Waals surface area contributed by atoms with Gasteiger partial charge >= 0.3 is 5.97 Å². The Bertz CT molecular complexity index is 922. The highest BCUT2D eigenvalue weighted by Gasteiger charge is 2.13. The van der Waals surface area contributed by atoms with Crippen molar-refractivity contribution in [3.05, 3.63) is 77.7 Å². The molecule has 0 atom stereocenters. The average Bonchev–Trinajstić information content (AvgIpc) is 2.65. The fourth-order valence-corrected chi connectivity index (χ4v) is 2.38. The average molecular weight is 338 g/mol. The van der Waals surface area contributed by atoms with E-state index in [2.05, 4.69) is 10.3 Å². The van der Waals surface area contributed by atoms with Gasteiger partial charge in [0.2, 0.25) is 0 Å². The maximum atomic E-state index is 13.5. The van der Waals surface area contributed by atoms with E-state index in [1.165, 1.54) is 6.07 Å². The third-order valence-corrected chi connectivity index (χ3v) is 3.63. The molecule has 5 nitrogen and oxygen atoms in total. The summed E-state index contributed by atoms with van der Waals surface area (Å²) in [6, 6.07) is 14.7. The maximum Gasteiger partial charge on any atom is 0.339 e. The number of esters is 1. The zero-order valence-corrected chi connectivity index (χ0v) is 13.2. The van der Waals surface area contributed by atoms with Gasteiger partial charge in [-0.1, -0.05) is 30.3 Å². The quantitative estimate of drug-likeness (QED) is 0.727. The van der Waals surface area contributed by atoms with Crippen LogP contribution in [0.25, 0.3) is 10.9 Å². The van der Waals surface area contributed by atoms with Gasteiger partial charge in [0.05, 0.1) is 11.1 Å². The second-order valence-corrected chi connectivity index (χ2v) is 5.32. The van der Waals surface area contributed by atoms with Gasteiger partial charge in [-0.2, -0.15) is 0 Å². The molecule has 3 rings (SSSR count). The van der Waals surface area contributed by atoms with Gasteiger partial charge in [0.1, 0.15) is 5.82 Å². The normalized spacial score (nSPS) is 10.4. The van der Waals surface area contributed by atoms with Gasteiger partial charge in [-0.3, -0.25) is 9.78 Å². The first-order valence-electron chi connectivity index (χ1n) is 7.66. The summed E-state index contributed by atoms with van der Waals surface area (Å²) >= 11 is 0. The maximum absolute atomic E-state index is 13.5. The van der Waals surface area contributed by atoms with Crippen LogP contribution in [0.15, 0.2) is 60.8 Å². The summed E-state index contributed by atoms with van der Waals surface area (Å²) in [5.74, 6) is -1.52. The minimum atomic E-state index is -0.611. The minimum Gasteiger partial charge on any atom is -0.452 e. The molecule has 6 heteroatoms. The van der Waals surface area contributed by atoms with Crippen LogP contribution in [0.4, 0.5) is 4.39 Å². The van der Waals surface area contributed by atoms with Gasteiger partial charge in [0.15, 0.2) is 6.61 Å². The lowest BCUT2D eigenvalue weighted by Crippen LogP contribution is -2.28. The lowest BCUT2D eigenvalue weighted by Gasteiger charge is -2.08. The van der Waals surface area contributed by atoms with Crippen LogP contribution < -0.4 is 5.32 Å². The van der Waals surface area contributed by atoms with Crippen LogP contribution >= 0.6 is 0 Å². The SMILES string of the molecule is O=C(COC(=O)c1cccc2ncccc12)NCc1ccccc1F. The third kappa shape index (κ3) is 3.98. The van der Waals surface area contributed by atoms with E-state index in [0.29, 0.717) is 22.0 Å². The van der Waals surface area contributed by atoms with Crippen LogP contribution in [0, 0.1) is 5.82 Å². The monoisotopic (exact) mass is 338 g/mol. The molecule has 1 aromatic heterocycles. The summed E-state index contributed by atoms with van der Waals surface area (Å²) in [7, 11) is 0. The van der Waals surface area contributed by atoms with Crippen molar-refractivity contribution in [1.82, 2.24) is 10.3 Å². The molecule has 25 heavy (non-hydrogen) atoms. The number of pyridine rings is 1. The van der Waals surface area contributed by atoms with Crippen molar-refractivity contribution in [2.75, 3.05) is 6.61 Å². The summed E-state index contributed by atoms with van der Waals surface area (Å²) in [5.41, 5.74) is 1.37. The van der Waals surface area contributed by atoms with E-state index in [4.69, 9.17) is 4.74 Å². The number of ether oxygens (including phenoxy) is 1. The smallest absolute Gasteiger partial charge is 0.339 e. The highest BCUT2D eigenvalue weighted by molar-refractivity contribution is 6.03. The number of nitrogens with one attached hydrogen (secondary N) is 1. The van der Waals surface area contributed by atoms with Crippen LogP contribution in [0.1, 0.15) is 15.9 Å². The molecular weight excluding hydrogens is 323 g/mol. The van der Waals surface area contributed by atoms with E-state index in [1.54, 1.807) is 54.7 Å². The van der Waals surface area contributed by atoms with E-state index in [1.807, 2.05) is 0 Å². The van der Waals surface area contributed by atoms with E-state index in [-0.39, 0.29) is 6.54 Å². The van der Waals surface area contributed by atoms with Crippen LogP contribution in [0.2, 0.25) is 0 Å². The van der Waals surface area contributed by atoms with Gasteiger partial charge < -0.3 is 10.1 Å². The fraction of sp³-hybridized carbons (Fsp3) is 0.105. The molecule has 1 amide bonds. The van der Waals surface area contributed by atoms with Crippen molar-refractivity contribution in [3.8, 4) is 0 Å². The molecule has 0 bridgehead atoms. The summed E-state index contributed by atoms with van der Waals surface area (Å²) in [6.45, 7) is -0.412. The summed E-state index contributed by atoms with van der Waals surface area (Å²) in [6.07, 6.45) is 1.63. The van der Waals surface area contributed by atoms with Gasteiger partial charge in [0, 0.05) is 23.7 Å². The van der Waals surface area contributed by atoms with Crippen LogP contribution in [-0.4, -0.2) is 23.5 Å². The number of halogens is 1. The molecule has 0 fully saturated rings. The Morgan fingerprint density at radius 3 is 2.72 bits per heavy atom. The van der Waals surface area contributed by atoms with Gasteiger partial charge in [0.25, 0.3) is 5.91 Å². The molecule has 0 aliphatic rings. The molecule has 0 radical (unpaired) electrons. The molecule has 0 unspecified atom stereocenters. The Morgan fingerprint density at radius 1 is 1.04 bits per heavy atom. The number of benzene rings is 2. The largest absolute Gasteiger partial charge is 0.452 e. The summed E-state index contributed by atoms with van der Waals surface area (Å²) in [4.78, 5) is 28.2. The Balaban J connectivity index is 1.58.